The summed E-state index contributed by atoms with van der Waals surface area (Å²) in [4.78, 5) is 15.0. The minimum atomic E-state index is -0.0534. The van der Waals surface area contributed by atoms with Crippen molar-refractivity contribution in [1.82, 2.24) is 4.90 Å². The molecule has 0 aromatic heterocycles. The van der Waals surface area contributed by atoms with Gasteiger partial charge in [0.2, 0.25) is 0 Å². The molecule has 2 aromatic carbocycles. The van der Waals surface area contributed by atoms with E-state index in [1.807, 2.05) is 42.5 Å². The number of carbonyl (C=O) groups excluding carboxylic acids is 1. The molecule has 1 amide bonds. The Morgan fingerprint density at radius 1 is 1.00 bits per heavy atom. The van der Waals surface area contributed by atoms with Crippen LogP contribution >= 0.6 is 0 Å². The molecule has 1 saturated heterocycles. The fourth-order valence-electron chi connectivity index (χ4n) is 4.69. The predicted octanol–water partition coefficient (Wildman–Crippen LogP) is 5.06. The molecule has 1 aliphatic carbocycles. The van der Waals surface area contributed by atoms with E-state index in [4.69, 9.17) is 0 Å². The quantitative estimate of drug-likeness (QED) is 0.837. The number of anilines is 1. The number of nitrogens with one attached hydrogen (secondary N) is 1. The lowest BCUT2D eigenvalue weighted by atomic mass is 9.97. The first-order chi connectivity index (χ1) is 12.7. The van der Waals surface area contributed by atoms with Crippen molar-refractivity contribution >= 4 is 11.6 Å². The zero-order valence-corrected chi connectivity index (χ0v) is 15.5. The summed E-state index contributed by atoms with van der Waals surface area (Å²) in [7, 11) is 0. The van der Waals surface area contributed by atoms with E-state index in [9.17, 15) is 4.79 Å². The lowest BCUT2D eigenvalue weighted by Crippen LogP contribution is -2.35. The molecule has 2 unspecified atom stereocenters. The topological polar surface area (TPSA) is 32.3 Å². The maximum atomic E-state index is 12.3. The van der Waals surface area contributed by atoms with Gasteiger partial charge < -0.3 is 5.32 Å². The number of amides is 1. The first kappa shape index (κ1) is 17.3. The summed E-state index contributed by atoms with van der Waals surface area (Å²) in [6.45, 7) is 3.66. The molecular formula is C23H28N2O. The van der Waals surface area contributed by atoms with Crippen LogP contribution in [0.5, 0.6) is 0 Å². The van der Waals surface area contributed by atoms with Crippen molar-refractivity contribution in [2.24, 2.45) is 0 Å². The summed E-state index contributed by atoms with van der Waals surface area (Å²) in [6.07, 6.45) is 6.60. The fraction of sp³-hybridized carbons (Fsp3) is 0.435. The van der Waals surface area contributed by atoms with Crippen molar-refractivity contribution in [2.75, 3.05) is 11.9 Å². The summed E-state index contributed by atoms with van der Waals surface area (Å²) in [6, 6.07) is 19.4. The number of benzene rings is 2. The third-order valence-corrected chi connectivity index (χ3v) is 6.15. The molecule has 0 radical (unpaired) electrons. The highest BCUT2D eigenvalue weighted by Crippen LogP contribution is 2.39. The molecule has 1 heterocycles. The number of hydrogen-bond donors (Lipinski definition) is 1. The zero-order valence-electron chi connectivity index (χ0n) is 15.5. The first-order valence-electron chi connectivity index (χ1n) is 9.93. The van der Waals surface area contributed by atoms with Crippen molar-refractivity contribution in [3.8, 4) is 0 Å². The van der Waals surface area contributed by atoms with Crippen LogP contribution in [-0.2, 0) is 0 Å². The molecule has 1 aliphatic heterocycles. The average Bonchev–Trinajstić information content (AvgIpc) is 3.32. The van der Waals surface area contributed by atoms with E-state index >= 15 is 0 Å². The maximum Gasteiger partial charge on any atom is 0.255 e. The highest BCUT2D eigenvalue weighted by Gasteiger charge is 2.34. The van der Waals surface area contributed by atoms with Crippen LogP contribution in [0.3, 0.4) is 0 Å². The minimum Gasteiger partial charge on any atom is -0.322 e. The van der Waals surface area contributed by atoms with E-state index in [-0.39, 0.29) is 5.91 Å². The Labute approximate surface area is 156 Å². The number of hydrogen-bond acceptors (Lipinski definition) is 2. The van der Waals surface area contributed by atoms with Gasteiger partial charge in [-0.1, -0.05) is 30.3 Å². The summed E-state index contributed by atoms with van der Waals surface area (Å²) in [5, 5.41) is 2.99. The Kier molecular flexibility index (Phi) is 5.07. The molecule has 2 aliphatic rings. The van der Waals surface area contributed by atoms with Crippen LogP contribution < -0.4 is 5.32 Å². The van der Waals surface area contributed by atoms with Crippen molar-refractivity contribution in [1.29, 1.82) is 0 Å². The molecule has 2 fully saturated rings. The Hall–Kier alpha value is -2.13. The molecular weight excluding hydrogens is 320 g/mol. The molecule has 1 N–H and O–H groups in total. The van der Waals surface area contributed by atoms with Gasteiger partial charge in [0.15, 0.2) is 0 Å². The van der Waals surface area contributed by atoms with Crippen molar-refractivity contribution in [3.63, 3.8) is 0 Å². The van der Waals surface area contributed by atoms with E-state index < -0.39 is 0 Å². The van der Waals surface area contributed by atoms with Gasteiger partial charge in [-0.05, 0) is 81.3 Å². The summed E-state index contributed by atoms with van der Waals surface area (Å²) >= 11 is 0. The molecule has 136 valence electrons. The maximum absolute atomic E-state index is 12.3. The Bertz CT molecular complexity index is 741. The van der Waals surface area contributed by atoms with E-state index in [1.165, 1.54) is 44.2 Å². The number of rotatable bonds is 4. The van der Waals surface area contributed by atoms with Crippen LogP contribution in [0.15, 0.2) is 54.6 Å². The van der Waals surface area contributed by atoms with E-state index in [0.29, 0.717) is 11.5 Å². The molecule has 2 aromatic rings. The highest BCUT2D eigenvalue weighted by molar-refractivity contribution is 6.04. The molecule has 26 heavy (non-hydrogen) atoms. The third kappa shape index (κ3) is 3.68. The standard InChI is InChI=1S/C23H28N2O/c1-17-6-5-15-25(17)22-14-11-20(16-22)18-9-12-21(13-10-18)24-23(26)19-7-3-2-4-8-19/h2-4,7-10,12-13,17,20,22H,5-6,11,14-16H2,1H3,(H,24,26)/t17?,20-,22?/m0/s1. The van der Waals surface area contributed by atoms with Gasteiger partial charge >= 0.3 is 0 Å². The number of likely N-dealkylation sites (tertiary alicyclic amines) is 1. The number of carbonyl (C=O) groups is 1. The normalized spacial score (nSPS) is 26.1. The average molecular weight is 348 g/mol. The fourth-order valence-corrected chi connectivity index (χ4v) is 4.69. The van der Waals surface area contributed by atoms with Crippen molar-refractivity contribution in [3.05, 3.63) is 65.7 Å². The van der Waals surface area contributed by atoms with E-state index in [1.54, 1.807) is 0 Å². The van der Waals surface area contributed by atoms with E-state index in [2.05, 4.69) is 29.3 Å². The second-order valence-corrected chi connectivity index (χ2v) is 7.84. The Balaban J connectivity index is 1.37. The van der Waals surface area contributed by atoms with Crippen LogP contribution in [0.1, 0.15) is 60.9 Å². The SMILES string of the molecule is CC1CCCN1C1CC[C@H](c2ccc(NC(=O)c3ccccc3)cc2)C1. The van der Waals surface area contributed by atoms with Gasteiger partial charge in [-0.3, -0.25) is 9.69 Å². The second kappa shape index (κ2) is 7.63. The Morgan fingerprint density at radius 3 is 2.46 bits per heavy atom. The predicted molar refractivity (Wildman–Crippen MR) is 107 cm³/mol. The van der Waals surface area contributed by atoms with Crippen LogP contribution in [0.4, 0.5) is 5.69 Å². The van der Waals surface area contributed by atoms with Crippen LogP contribution in [0.2, 0.25) is 0 Å². The highest BCUT2D eigenvalue weighted by atomic mass is 16.1. The second-order valence-electron chi connectivity index (χ2n) is 7.84. The van der Waals surface area contributed by atoms with Gasteiger partial charge in [0, 0.05) is 23.3 Å². The minimum absolute atomic E-state index is 0.0534. The molecule has 0 bridgehead atoms. The van der Waals surface area contributed by atoms with Crippen LogP contribution in [0, 0.1) is 0 Å². The van der Waals surface area contributed by atoms with Crippen molar-refractivity contribution in [2.45, 2.75) is 57.0 Å². The Morgan fingerprint density at radius 2 is 1.77 bits per heavy atom. The molecule has 3 atom stereocenters. The van der Waals surface area contributed by atoms with Gasteiger partial charge in [-0.25, -0.2) is 0 Å². The van der Waals surface area contributed by atoms with Gasteiger partial charge in [-0.2, -0.15) is 0 Å². The summed E-state index contributed by atoms with van der Waals surface area (Å²) in [5.41, 5.74) is 2.97. The van der Waals surface area contributed by atoms with Crippen molar-refractivity contribution < 1.29 is 4.79 Å². The molecule has 0 spiro atoms. The van der Waals surface area contributed by atoms with Gasteiger partial charge in [0.1, 0.15) is 0 Å². The zero-order chi connectivity index (χ0) is 17.9. The number of nitrogens with zero attached hydrogens (tertiary/aromatic N) is 1. The van der Waals surface area contributed by atoms with Gasteiger partial charge in [-0.15, -0.1) is 0 Å². The summed E-state index contributed by atoms with van der Waals surface area (Å²) < 4.78 is 0. The molecule has 4 rings (SSSR count). The van der Waals surface area contributed by atoms with Gasteiger partial charge in [0.25, 0.3) is 5.91 Å². The smallest absolute Gasteiger partial charge is 0.255 e. The van der Waals surface area contributed by atoms with Crippen LogP contribution in [-0.4, -0.2) is 29.4 Å². The molecule has 1 saturated carbocycles. The lowest BCUT2D eigenvalue weighted by Gasteiger charge is -2.28. The molecule has 3 nitrogen and oxygen atoms in total. The first-order valence-corrected chi connectivity index (χ1v) is 9.93. The lowest BCUT2D eigenvalue weighted by molar-refractivity contribution is 0.102. The largest absolute Gasteiger partial charge is 0.322 e. The third-order valence-electron chi connectivity index (χ3n) is 6.15. The summed E-state index contributed by atoms with van der Waals surface area (Å²) in [5.74, 6) is 0.606. The monoisotopic (exact) mass is 348 g/mol. The van der Waals surface area contributed by atoms with Gasteiger partial charge in [0.05, 0.1) is 0 Å². The van der Waals surface area contributed by atoms with Crippen LogP contribution in [0.25, 0.3) is 0 Å². The van der Waals surface area contributed by atoms with E-state index in [0.717, 1.165) is 17.8 Å². The molecule has 3 heteroatoms.